The molecule has 2 atom stereocenters. The fourth-order valence-corrected chi connectivity index (χ4v) is 3.63. The van der Waals surface area contributed by atoms with Crippen molar-refractivity contribution < 1.29 is 14.4 Å². The summed E-state index contributed by atoms with van der Waals surface area (Å²) in [5, 5.41) is 3.03. The molecule has 0 spiro atoms. The van der Waals surface area contributed by atoms with Gasteiger partial charge in [-0.3, -0.25) is 4.79 Å². The Kier molecular flexibility index (Phi) is 5.20. The summed E-state index contributed by atoms with van der Waals surface area (Å²) in [7, 11) is 3.73. The number of aromatic nitrogens is 1. The second-order valence-corrected chi connectivity index (χ2v) is 6.41. The van der Waals surface area contributed by atoms with Crippen LogP contribution in [-0.2, 0) is 18.4 Å². The van der Waals surface area contributed by atoms with E-state index >= 15 is 0 Å². The molecule has 1 aliphatic heterocycles. The number of benzene rings is 1. The Labute approximate surface area is 143 Å². The van der Waals surface area contributed by atoms with E-state index in [4.69, 9.17) is 4.74 Å². The van der Waals surface area contributed by atoms with Gasteiger partial charge in [0.05, 0.1) is 19.3 Å². The number of likely N-dealkylation sites (tertiary alicyclic amines) is 1. The number of nitrogens with one attached hydrogen (secondary N) is 2. The van der Waals surface area contributed by atoms with Crippen LogP contribution in [0.4, 0.5) is 0 Å². The van der Waals surface area contributed by atoms with Gasteiger partial charge in [0.2, 0.25) is 0 Å². The van der Waals surface area contributed by atoms with E-state index in [0.717, 1.165) is 24.3 Å². The molecule has 2 N–H and O–H groups in total. The van der Waals surface area contributed by atoms with Crippen molar-refractivity contribution in [2.24, 2.45) is 7.05 Å². The molecule has 1 aromatic heterocycles. The summed E-state index contributed by atoms with van der Waals surface area (Å²) in [6, 6.07) is 12.5. The molecule has 5 heteroatoms. The van der Waals surface area contributed by atoms with Gasteiger partial charge in [-0.05, 0) is 18.2 Å². The second kappa shape index (κ2) is 7.53. The maximum Gasteiger partial charge on any atom is 0.275 e. The molecule has 0 bridgehead atoms. The minimum absolute atomic E-state index is 0.0945. The smallest absolute Gasteiger partial charge is 0.275 e. The predicted octanol–water partition coefficient (Wildman–Crippen LogP) is 1.07. The minimum Gasteiger partial charge on any atom is -0.496 e. The van der Waals surface area contributed by atoms with E-state index in [0.29, 0.717) is 19.1 Å². The van der Waals surface area contributed by atoms with Crippen LogP contribution in [0.3, 0.4) is 0 Å². The summed E-state index contributed by atoms with van der Waals surface area (Å²) < 4.78 is 7.50. The molecular weight excluding hydrogens is 302 g/mol. The number of methoxy groups -OCH3 is 1. The van der Waals surface area contributed by atoms with Crippen molar-refractivity contribution in [2.75, 3.05) is 20.2 Å². The van der Waals surface area contributed by atoms with Crippen molar-refractivity contribution in [1.29, 1.82) is 0 Å². The molecule has 2 aromatic rings. The third-order valence-electron chi connectivity index (χ3n) is 4.88. The first-order valence-electron chi connectivity index (χ1n) is 8.53. The van der Waals surface area contributed by atoms with Gasteiger partial charge >= 0.3 is 0 Å². The standard InChI is InChI=1S/C19H25N3O2/c1-21-11-5-8-16(21)17-9-6-12-22(17)14-19(23)20-13-15-7-3-4-10-18(15)24-2/h3-5,7-8,10-11,17H,6,9,12-14H2,1-2H3,(H,20,23)/p+1/t17-/m1/s1. The molecule has 0 radical (unpaired) electrons. The molecular formula is C19H26N3O2+. The third-order valence-corrected chi connectivity index (χ3v) is 4.88. The Balaban J connectivity index is 1.57. The Morgan fingerprint density at radius 1 is 1.33 bits per heavy atom. The van der Waals surface area contributed by atoms with Crippen LogP contribution < -0.4 is 15.0 Å². The number of carbonyl (C=O) groups excluding carboxylic acids is 1. The Bertz CT molecular complexity index is 695. The highest BCUT2D eigenvalue weighted by Crippen LogP contribution is 2.19. The van der Waals surface area contributed by atoms with E-state index in [2.05, 4.69) is 35.3 Å². The maximum atomic E-state index is 12.4. The predicted molar refractivity (Wildman–Crippen MR) is 92.9 cm³/mol. The molecule has 5 nitrogen and oxygen atoms in total. The van der Waals surface area contributed by atoms with Crippen molar-refractivity contribution >= 4 is 5.91 Å². The van der Waals surface area contributed by atoms with E-state index in [9.17, 15) is 4.79 Å². The lowest BCUT2D eigenvalue weighted by atomic mass is 10.1. The van der Waals surface area contributed by atoms with E-state index < -0.39 is 0 Å². The largest absolute Gasteiger partial charge is 0.496 e. The third kappa shape index (κ3) is 3.62. The van der Waals surface area contributed by atoms with E-state index in [-0.39, 0.29) is 5.91 Å². The molecule has 128 valence electrons. The normalized spacial score (nSPS) is 20.1. The van der Waals surface area contributed by atoms with E-state index in [1.807, 2.05) is 24.3 Å². The van der Waals surface area contributed by atoms with Crippen molar-refractivity contribution in [3.63, 3.8) is 0 Å². The van der Waals surface area contributed by atoms with Crippen LogP contribution in [0.1, 0.15) is 30.1 Å². The number of rotatable bonds is 6. The average Bonchev–Trinajstić information content (AvgIpc) is 3.21. The maximum absolute atomic E-state index is 12.4. The Hall–Kier alpha value is -2.27. The molecule has 1 aromatic carbocycles. The van der Waals surface area contributed by atoms with Crippen LogP contribution in [0.2, 0.25) is 0 Å². The fraction of sp³-hybridized carbons (Fsp3) is 0.421. The molecule has 1 saturated heterocycles. The van der Waals surface area contributed by atoms with Gasteiger partial charge in [0, 0.05) is 38.2 Å². The molecule has 1 fully saturated rings. The number of quaternary nitrogens is 1. The molecule has 1 aliphatic rings. The van der Waals surface area contributed by atoms with Gasteiger partial charge < -0.3 is 19.5 Å². The zero-order valence-electron chi connectivity index (χ0n) is 14.4. The molecule has 24 heavy (non-hydrogen) atoms. The van der Waals surface area contributed by atoms with Gasteiger partial charge in [-0.1, -0.05) is 18.2 Å². The lowest BCUT2D eigenvalue weighted by molar-refractivity contribution is -0.911. The number of nitrogens with zero attached hydrogens (tertiary/aromatic N) is 1. The topological polar surface area (TPSA) is 47.7 Å². The quantitative estimate of drug-likeness (QED) is 0.833. The van der Waals surface area contributed by atoms with Crippen molar-refractivity contribution in [3.05, 3.63) is 53.9 Å². The van der Waals surface area contributed by atoms with E-state index in [1.54, 1.807) is 7.11 Å². The molecule has 1 amide bonds. The van der Waals surface area contributed by atoms with E-state index in [1.165, 1.54) is 17.0 Å². The number of hydrogen-bond acceptors (Lipinski definition) is 2. The number of hydrogen-bond donors (Lipinski definition) is 2. The molecule has 3 rings (SSSR count). The van der Waals surface area contributed by atoms with Gasteiger partial charge in [-0.2, -0.15) is 0 Å². The number of ether oxygens (including phenoxy) is 1. The number of para-hydroxylation sites is 1. The van der Waals surface area contributed by atoms with Gasteiger partial charge in [0.1, 0.15) is 11.8 Å². The molecule has 0 aliphatic carbocycles. The summed E-state index contributed by atoms with van der Waals surface area (Å²) in [5.41, 5.74) is 2.32. The van der Waals surface area contributed by atoms with Crippen molar-refractivity contribution in [3.8, 4) is 5.75 Å². The number of carbonyl (C=O) groups is 1. The SMILES string of the molecule is COc1ccccc1CNC(=O)C[NH+]1CCC[C@@H]1c1cccn1C. The number of amides is 1. The van der Waals surface area contributed by atoms with Crippen LogP contribution in [0.25, 0.3) is 0 Å². The monoisotopic (exact) mass is 328 g/mol. The van der Waals surface area contributed by atoms with Crippen LogP contribution in [0, 0.1) is 0 Å². The summed E-state index contributed by atoms with van der Waals surface area (Å²) >= 11 is 0. The Morgan fingerprint density at radius 3 is 2.92 bits per heavy atom. The lowest BCUT2D eigenvalue weighted by Crippen LogP contribution is -3.11. The minimum atomic E-state index is 0.0945. The first-order valence-corrected chi connectivity index (χ1v) is 8.53. The number of aryl methyl sites for hydroxylation is 1. The zero-order chi connectivity index (χ0) is 16.9. The fourth-order valence-electron chi connectivity index (χ4n) is 3.63. The van der Waals surface area contributed by atoms with Crippen molar-refractivity contribution in [2.45, 2.75) is 25.4 Å². The van der Waals surface area contributed by atoms with Gasteiger partial charge in [0.25, 0.3) is 5.91 Å². The second-order valence-electron chi connectivity index (χ2n) is 6.41. The van der Waals surface area contributed by atoms with Crippen LogP contribution in [-0.4, -0.2) is 30.7 Å². The average molecular weight is 328 g/mol. The van der Waals surface area contributed by atoms with Crippen molar-refractivity contribution in [1.82, 2.24) is 9.88 Å². The lowest BCUT2D eigenvalue weighted by Gasteiger charge is -2.21. The first kappa shape index (κ1) is 16.6. The van der Waals surface area contributed by atoms with Crippen LogP contribution in [0.15, 0.2) is 42.6 Å². The highest BCUT2D eigenvalue weighted by molar-refractivity contribution is 5.76. The van der Waals surface area contributed by atoms with Gasteiger partial charge in [-0.25, -0.2) is 0 Å². The van der Waals surface area contributed by atoms with Gasteiger partial charge in [-0.15, -0.1) is 0 Å². The zero-order valence-corrected chi connectivity index (χ0v) is 14.4. The summed E-state index contributed by atoms with van der Waals surface area (Å²) in [5.74, 6) is 0.907. The summed E-state index contributed by atoms with van der Waals surface area (Å²) in [4.78, 5) is 13.7. The molecule has 1 unspecified atom stereocenters. The first-order chi connectivity index (χ1) is 11.7. The summed E-state index contributed by atoms with van der Waals surface area (Å²) in [6.07, 6.45) is 4.39. The Morgan fingerprint density at radius 2 is 2.17 bits per heavy atom. The highest BCUT2D eigenvalue weighted by Gasteiger charge is 2.32. The summed E-state index contributed by atoms with van der Waals surface area (Å²) in [6.45, 7) is 2.08. The molecule has 0 saturated carbocycles. The van der Waals surface area contributed by atoms with Crippen LogP contribution >= 0.6 is 0 Å². The molecule has 2 heterocycles. The highest BCUT2D eigenvalue weighted by atomic mass is 16.5. The van der Waals surface area contributed by atoms with Crippen LogP contribution in [0.5, 0.6) is 5.75 Å². The van der Waals surface area contributed by atoms with Gasteiger partial charge in [0.15, 0.2) is 6.54 Å².